The van der Waals surface area contributed by atoms with Crippen LogP contribution in [0.15, 0.2) is 48.5 Å². The monoisotopic (exact) mass is 409 g/mol. The maximum Gasteiger partial charge on any atom is 0.329 e. The topological polar surface area (TPSA) is 106 Å². The molecule has 2 heterocycles. The van der Waals surface area contributed by atoms with E-state index in [1.165, 1.54) is 30.4 Å². The summed E-state index contributed by atoms with van der Waals surface area (Å²) in [5.74, 6) is -2.53. The van der Waals surface area contributed by atoms with Gasteiger partial charge in [-0.3, -0.25) is 24.6 Å². The lowest BCUT2D eigenvalue weighted by Gasteiger charge is -2.20. The smallest absolute Gasteiger partial charge is 0.329 e. The van der Waals surface area contributed by atoms with Crippen LogP contribution < -0.4 is 5.32 Å². The van der Waals surface area contributed by atoms with Crippen LogP contribution in [-0.4, -0.2) is 46.2 Å². The second-order valence-corrected chi connectivity index (χ2v) is 7.38. The number of imide groups is 1. The Bertz CT molecular complexity index is 1090. The molecule has 0 radical (unpaired) electrons. The van der Waals surface area contributed by atoms with E-state index < -0.39 is 36.3 Å². The summed E-state index contributed by atoms with van der Waals surface area (Å²) in [4.78, 5) is 54.4. The third-order valence-corrected chi connectivity index (χ3v) is 5.39. The normalized spacial score (nSPS) is 14.0. The van der Waals surface area contributed by atoms with Crippen molar-refractivity contribution in [2.75, 3.05) is 11.9 Å². The number of carbonyl (C=O) groups is 4. The van der Waals surface area contributed by atoms with Gasteiger partial charge in [-0.1, -0.05) is 35.6 Å². The van der Waals surface area contributed by atoms with Crippen LogP contribution in [0.2, 0.25) is 0 Å². The molecule has 1 unspecified atom stereocenters. The first-order valence-corrected chi connectivity index (χ1v) is 9.56. The number of hydrogen-bond donors (Lipinski definition) is 1. The molecular weight excluding hydrogens is 394 g/mol. The van der Waals surface area contributed by atoms with E-state index in [4.69, 9.17) is 4.74 Å². The Morgan fingerprint density at radius 1 is 1.07 bits per heavy atom. The number of nitrogens with zero attached hydrogens (tertiary/aromatic N) is 2. The Labute approximate surface area is 169 Å². The number of fused-ring (bicyclic) bond motifs is 2. The average Bonchev–Trinajstić information content (AvgIpc) is 3.24. The van der Waals surface area contributed by atoms with Crippen LogP contribution in [0.5, 0.6) is 0 Å². The molecule has 3 aromatic rings. The Morgan fingerprint density at radius 3 is 2.34 bits per heavy atom. The summed E-state index contributed by atoms with van der Waals surface area (Å²) in [6.07, 6.45) is 0. The molecule has 0 fully saturated rings. The number of nitrogens with one attached hydrogen (secondary N) is 1. The van der Waals surface area contributed by atoms with E-state index in [1.807, 2.05) is 24.3 Å². The van der Waals surface area contributed by atoms with Gasteiger partial charge in [0.05, 0.1) is 21.3 Å². The maximum absolute atomic E-state index is 12.4. The highest BCUT2D eigenvalue weighted by atomic mass is 32.1. The summed E-state index contributed by atoms with van der Waals surface area (Å²) >= 11 is 1.30. The SMILES string of the molecule is CC(C(=O)OCC(=O)Nc1nc2ccccc2s1)N1C(=O)c2ccccc2C1=O. The van der Waals surface area contributed by atoms with Gasteiger partial charge in [-0.2, -0.15) is 0 Å². The maximum atomic E-state index is 12.4. The van der Waals surface area contributed by atoms with Gasteiger partial charge >= 0.3 is 5.97 Å². The molecule has 2 aromatic carbocycles. The van der Waals surface area contributed by atoms with E-state index in [0.717, 1.165) is 15.1 Å². The summed E-state index contributed by atoms with van der Waals surface area (Å²) in [6.45, 7) is 0.831. The number of carbonyl (C=O) groups excluding carboxylic acids is 4. The number of para-hydroxylation sites is 1. The van der Waals surface area contributed by atoms with Gasteiger partial charge in [-0.25, -0.2) is 9.78 Å². The van der Waals surface area contributed by atoms with E-state index >= 15 is 0 Å². The first kappa shape index (κ1) is 18.8. The van der Waals surface area contributed by atoms with Gasteiger partial charge in [0, 0.05) is 0 Å². The highest BCUT2D eigenvalue weighted by Crippen LogP contribution is 2.26. The Balaban J connectivity index is 1.36. The van der Waals surface area contributed by atoms with Crippen LogP contribution in [0.4, 0.5) is 5.13 Å². The van der Waals surface area contributed by atoms with E-state index in [1.54, 1.807) is 12.1 Å². The number of benzene rings is 2. The highest BCUT2D eigenvalue weighted by Gasteiger charge is 2.41. The fourth-order valence-corrected chi connectivity index (χ4v) is 3.89. The number of anilines is 1. The summed E-state index contributed by atoms with van der Waals surface area (Å²) in [6, 6.07) is 12.6. The minimum absolute atomic E-state index is 0.241. The number of thiazole rings is 1. The quantitative estimate of drug-likeness (QED) is 0.513. The number of aromatic nitrogens is 1. The molecule has 146 valence electrons. The Hall–Kier alpha value is -3.59. The molecule has 0 spiro atoms. The van der Waals surface area contributed by atoms with Crippen LogP contribution in [0.1, 0.15) is 27.6 Å². The fourth-order valence-electron chi connectivity index (χ4n) is 3.00. The molecule has 3 amide bonds. The molecule has 0 bridgehead atoms. The van der Waals surface area contributed by atoms with Crippen molar-refractivity contribution >= 4 is 50.4 Å². The van der Waals surface area contributed by atoms with Gasteiger partial charge in [0.2, 0.25) is 0 Å². The predicted molar refractivity (Wildman–Crippen MR) is 106 cm³/mol. The van der Waals surface area contributed by atoms with Crippen molar-refractivity contribution in [2.45, 2.75) is 13.0 Å². The highest BCUT2D eigenvalue weighted by molar-refractivity contribution is 7.22. The first-order chi connectivity index (χ1) is 14.0. The average molecular weight is 409 g/mol. The number of esters is 1. The molecule has 1 aromatic heterocycles. The molecule has 1 atom stereocenters. The number of amides is 3. The van der Waals surface area contributed by atoms with Gasteiger partial charge in [0.25, 0.3) is 17.7 Å². The number of hydrogen-bond acceptors (Lipinski definition) is 7. The van der Waals surface area contributed by atoms with Crippen LogP contribution >= 0.6 is 11.3 Å². The third kappa shape index (κ3) is 3.47. The zero-order valence-corrected chi connectivity index (χ0v) is 16.1. The lowest BCUT2D eigenvalue weighted by Crippen LogP contribution is -2.44. The van der Waals surface area contributed by atoms with E-state index in [2.05, 4.69) is 10.3 Å². The van der Waals surface area contributed by atoms with Gasteiger partial charge in [0.15, 0.2) is 11.7 Å². The lowest BCUT2D eigenvalue weighted by molar-refractivity contribution is -0.150. The molecule has 0 aliphatic carbocycles. The van der Waals surface area contributed by atoms with Gasteiger partial charge < -0.3 is 4.74 Å². The van der Waals surface area contributed by atoms with Crippen LogP contribution in [0.25, 0.3) is 10.2 Å². The van der Waals surface area contributed by atoms with E-state index in [0.29, 0.717) is 5.13 Å². The second kappa shape index (κ2) is 7.44. The van der Waals surface area contributed by atoms with Crippen molar-refractivity contribution in [2.24, 2.45) is 0 Å². The summed E-state index contributed by atoms with van der Waals surface area (Å²) < 4.78 is 5.92. The zero-order valence-electron chi connectivity index (χ0n) is 15.2. The molecule has 1 aliphatic rings. The molecule has 9 heteroatoms. The molecule has 1 aliphatic heterocycles. The van der Waals surface area contributed by atoms with Crippen molar-refractivity contribution in [3.8, 4) is 0 Å². The zero-order chi connectivity index (χ0) is 20.5. The van der Waals surface area contributed by atoms with Crippen molar-refractivity contribution in [3.05, 3.63) is 59.7 Å². The van der Waals surface area contributed by atoms with Crippen molar-refractivity contribution < 1.29 is 23.9 Å². The van der Waals surface area contributed by atoms with Crippen LogP contribution in [-0.2, 0) is 14.3 Å². The predicted octanol–water partition coefficient (Wildman–Crippen LogP) is 2.46. The summed E-state index contributed by atoms with van der Waals surface area (Å²) in [5.41, 5.74) is 1.24. The molecule has 4 rings (SSSR count). The molecule has 0 saturated heterocycles. The first-order valence-electron chi connectivity index (χ1n) is 8.74. The molecular formula is C20H15N3O5S. The van der Waals surface area contributed by atoms with E-state index in [9.17, 15) is 19.2 Å². The van der Waals surface area contributed by atoms with Crippen LogP contribution in [0, 0.1) is 0 Å². The molecule has 1 N–H and O–H groups in total. The second-order valence-electron chi connectivity index (χ2n) is 6.34. The van der Waals surface area contributed by atoms with Crippen molar-refractivity contribution in [1.29, 1.82) is 0 Å². The van der Waals surface area contributed by atoms with E-state index in [-0.39, 0.29) is 11.1 Å². The van der Waals surface area contributed by atoms with Gasteiger partial charge in [-0.05, 0) is 31.2 Å². The minimum Gasteiger partial charge on any atom is -0.454 e. The fraction of sp³-hybridized carbons (Fsp3) is 0.150. The standard InChI is InChI=1S/C20H15N3O5S/c1-11(23-17(25)12-6-2-3-7-13(12)18(23)26)19(27)28-10-16(24)22-20-21-14-8-4-5-9-15(14)29-20/h2-9,11H,10H2,1H3,(H,21,22,24). The largest absolute Gasteiger partial charge is 0.454 e. The minimum atomic E-state index is -1.15. The number of rotatable bonds is 5. The molecule has 29 heavy (non-hydrogen) atoms. The number of ether oxygens (including phenoxy) is 1. The lowest BCUT2D eigenvalue weighted by atomic mass is 10.1. The van der Waals surface area contributed by atoms with Gasteiger partial charge in [0.1, 0.15) is 6.04 Å². The van der Waals surface area contributed by atoms with Crippen LogP contribution in [0.3, 0.4) is 0 Å². The Morgan fingerprint density at radius 2 is 1.69 bits per heavy atom. The van der Waals surface area contributed by atoms with Gasteiger partial charge in [-0.15, -0.1) is 0 Å². The third-order valence-electron chi connectivity index (χ3n) is 4.44. The van der Waals surface area contributed by atoms with Crippen molar-refractivity contribution in [1.82, 2.24) is 9.88 Å². The molecule has 8 nitrogen and oxygen atoms in total. The molecule has 0 saturated carbocycles. The van der Waals surface area contributed by atoms with Crippen molar-refractivity contribution in [3.63, 3.8) is 0 Å². The summed E-state index contributed by atoms with van der Waals surface area (Å²) in [7, 11) is 0. The Kier molecular flexibility index (Phi) is 4.81. The summed E-state index contributed by atoms with van der Waals surface area (Å²) in [5, 5.41) is 2.96.